The third kappa shape index (κ3) is 5.81. The maximum Gasteiger partial charge on any atom is 0.408 e. The van der Waals surface area contributed by atoms with E-state index in [4.69, 9.17) is 4.74 Å². The first-order chi connectivity index (χ1) is 10.5. The number of ether oxygens (including phenoxy) is 1. The number of halogens is 1. The molecular formula is C17H22FNO4. The summed E-state index contributed by atoms with van der Waals surface area (Å²) in [6, 6.07) is 4.35. The minimum atomic E-state index is -1.06. The van der Waals surface area contributed by atoms with E-state index in [-0.39, 0.29) is 11.6 Å². The van der Waals surface area contributed by atoms with E-state index in [9.17, 15) is 18.8 Å². The fraction of sp³-hybridized carbons (Fsp3) is 0.471. The molecule has 0 aliphatic heterocycles. The Hall–Kier alpha value is -2.24. The van der Waals surface area contributed by atoms with Crippen molar-refractivity contribution in [3.8, 4) is 0 Å². The number of Topliss-reactive ketones (excluding diaryl/α,β-unsaturated/α-hetero) is 2. The molecule has 23 heavy (non-hydrogen) atoms. The number of alkyl carbamates (subject to hydrolysis) is 1. The van der Waals surface area contributed by atoms with Gasteiger partial charge >= 0.3 is 6.09 Å². The topological polar surface area (TPSA) is 72.5 Å². The first kappa shape index (κ1) is 18.8. The molecule has 1 atom stereocenters. The average Bonchev–Trinajstić information content (AvgIpc) is 2.35. The van der Waals surface area contributed by atoms with E-state index in [1.165, 1.54) is 38.1 Å². The molecule has 1 aromatic rings. The van der Waals surface area contributed by atoms with Crippen LogP contribution >= 0.6 is 0 Å². The van der Waals surface area contributed by atoms with Crippen LogP contribution in [0.3, 0.4) is 0 Å². The van der Waals surface area contributed by atoms with Crippen molar-refractivity contribution in [1.82, 2.24) is 5.32 Å². The van der Waals surface area contributed by atoms with Gasteiger partial charge in [-0.25, -0.2) is 9.18 Å². The van der Waals surface area contributed by atoms with Gasteiger partial charge in [0.15, 0.2) is 0 Å². The monoisotopic (exact) mass is 323 g/mol. The highest BCUT2D eigenvalue weighted by molar-refractivity contribution is 6.01. The lowest BCUT2D eigenvalue weighted by atomic mass is 9.87. The molecule has 0 aromatic heterocycles. The third-order valence-electron chi connectivity index (χ3n) is 3.11. The number of ketones is 2. The molecular weight excluding hydrogens is 301 g/mol. The normalized spacial score (nSPS) is 12.7. The SMILES string of the molecule is CC(=O)C(C(C)=O)C(NC(=O)OC(C)(C)C)c1ccc(F)cc1. The van der Waals surface area contributed by atoms with E-state index in [2.05, 4.69) is 5.32 Å². The van der Waals surface area contributed by atoms with Gasteiger partial charge in [0.05, 0.1) is 6.04 Å². The summed E-state index contributed by atoms with van der Waals surface area (Å²) in [7, 11) is 0. The molecule has 0 saturated carbocycles. The third-order valence-corrected chi connectivity index (χ3v) is 3.11. The van der Waals surface area contributed by atoms with Crippen LogP contribution in [0.15, 0.2) is 24.3 Å². The van der Waals surface area contributed by atoms with Gasteiger partial charge in [-0.3, -0.25) is 9.59 Å². The molecule has 5 nitrogen and oxygen atoms in total. The molecule has 0 bridgehead atoms. The smallest absolute Gasteiger partial charge is 0.408 e. The molecule has 0 aliphatic carbocycles. The van der Waals surface area contributed by atoms with Crippen LogP contribution in [0, 0.1) is 11.7 Å². The molecule has 1 amide bonds. The number of benzene rings is 1. The van der Waals surface area contributed by atoms with Crippen LogP contribution in [0.2, 0.25) is 0 Å². The van der Waals surface area contributed by atoms with Gasteiger partial charge in [0.25, 0.3) is 0 Å². The van der Waals surface area contributed by atoms with E-state index < -0.39 is 29.5 Å². The number of carbonyl (C=O) groups is 3. The summed E-state index contributed by atoms with van der Waals surface area (Å²) < 4.78 is 18.3. The van der Waals surface area contributed by atoms with Crippen molar-refractivity contribution in [2.24, 2.45) is 5.92 Å². The van der Waals surface area contributed by atoms with Gasteiger partial charge in [-0.2, -0.15) is 0 Å². The zero-order valence-electron chi connectivity index (χ0n) is 14.0. The fourth-order valence-corrected chi connectivity index (χ4v) is 2.22. The fourth-order valence-electron chi connectivity index (χ4n) is 2.22. The van der Waals surface area contributed by atoms with Crippen LogP contribution in [0.1, 0.15) is 46.2 Å². The van der Waals surface area contributed by atoms with E-state index in [0.29, 0.717) is 5.56 Å². The number of carbonyl (C=O) groups excluding carboxylic acids is 3. The van der Waals surface area contributed by atoms with Crippen LogP contribution in [0.5, 0.6) is 0 Å². The summed E-state index contributed by atoms with van der Waals surface area (Å²) in [5, 5.41) is 2.55. The Balaban J connectivity index is 3.15. The lowest BCUT2D eigenvalue weighted by Crippen LogP contribution is -2.41. The van der Waals surface area contributed by atoms with Crippen molar-refractivity contribution in [1.29, 1.82) is 0 Å². The molecule has 0 aliphatic rings. The highest BCUT2D eigenvalue weighted by atomic mass is 19.1. The zero-order chi connectivity index (χ0) is 17.8. The Labute approximate surface area is 135 Å². The second kappa shape index (κ2) is 7.35. The maximum absolute atomic E-state index is 13.1. The number of nitrogens with one attached hydrogen (secondary N) is 1. The van der Waals surface area contributed by atoms with Crippen molar-refractivity contribution >= 4 is 17.7 Å². The van der Waals surface area contributed by atoms with Gasteiger partial charge in [0.2, 0.25) is 0 Å². The summed E-state index contributed by atoms with van der Waals surface area (Å²) >= 11 is 0. The molecule has 0 spiro atoms. The summed E-state index contributed by atoms with van der Waals surface area (Å²) in [5.41, 5.74) is -0.271. The zero-order valence-corrected chi connectivity index (χ0v) is 14.0. The quantitative estimate of drug-likeness (QED) is 0.845. The molecule has 0 radical (unpaired) electrons. The van der Waals surface area contributed by atoms with Crippen LogP contribution < -0.4 is 5.32 Å². The second-order valence-corrected chi connectivity index (χ2v) is 6.37. The van der Waals surface area contributed by atoms with Crippen molar-refractivity contribution in [2.75, 3.05) is 0 Å². The molecule has 0 saturated heterocycles. The highest BCUT2D eigenvalue weighted by Gasteiger charge is 2.33. The Morgan fingerprint density at radius 2 is 1.52 bits per heavy atom. The number of hydrogen-bond donors (Lipinski definition) is 1. The molecule has 6 heteroatoms. The first-order valence-corrected chi connectivity index (χ1v) is 7.27. The van der Waals surface area contributed by atoms with E-state index in [1.807, 2.05) is 0 Å². The molecule has 126 valence electrons. The Bertz CT molecular complexity index is 576. The van der Waals surface area contributed by atoms with Crippen LogP contribution in [0.25, 0.3) is 0 Å². The van der Waals surface area contributed by atoms with Crippen LogP contribution in [-0.4, -0.2) is 23.3 Å². The van der Waals surface area contributed by atoms with E-state index in [1.54, 1.807) is 20.8 Å². The van der Waals surface area contributed by atoms with Gasteiger partial charge in [0, 0.05) is 0 Å². The molecule has 1 unspecified atom stereocenters. The highest BCUT2D eigenvalue weighted by Crippen LogP contribution is 2.25. The lowest BCUT2D eigenvalue weighted by molar-refractivity contribution is -0.131. The minimum absolute atomic E-state index is 0.386. The van der Waals surface area contributed by atoms with E-state index in [0.717, 1.165) is 0 Å². The summed E-state index contributed by atoms with van der Waals surface area (Å²) in [6.45, 7) is 7.66. The number of hydrogen-bond acceptors (Lipinski definition) is 4. The van der Waals surface area contributed by atoms with Crippen molar-refractivity contribution in [3.63, 3.8) is 0 Å². The predicted octanol–water partition coefficient (Wildman–Crippen LogP) is 3.19. The molecule has 1 aromatic carbocycles. The van der Waals surface area contributed by atoms with Gasteiger partial charge in [-0.05, 0) is 52.3 Å². The molecule has 1 N–H and O–H groups in total. The van der Waals surface area contributed by atoms with Gasteiger partial charge in [-0.15, -0.1) is 0 Å². The molecule has 0 heterocycles. The Kier molecular flexibility index (Phi) is 6.01. The van der Waals surface area contributed by atoms with Crippen molar-refractivity contribution in [2.45, 2.75) is 46.3 Å². The lowest BCUT2D eigenvalue weighted by Gasteiger charge is -2.27. The number of rotatable bonds is 5. The van der Waals surface area contributed by atoms with Crippen molar-refractivity contribution < 1.29 is 23.5 Å². The standard InChI is InChI=1S/C17H22FNO4/c1-10(20)14(11(2)21)15(12-6-8-13(18)9-7-12)19-16(22)23-17(3,4)5/h6-9,14-15H,1-5H3,(H,19,22). The van der Waals surface area contributed by atoms with Gasteiger partial charge in [0.1, 0.15) is 28.9 Å². The van der Waals surface area contributed by atoms with Crippen LogP contribution in [0.4, 0.5) is 9.18 Å². The van der Waals surface area contributed by atoms with Gasteiger partial charge in [-0.1, -0.05) is 12.1 Å². The first-order valence-electron chi connectivity index (χ1n) is 7.27. The summed E-state index contributed by atoms with van der Waals surface area (Å²) in [4.78, 5) is 35.7. The molecule has 0 fully saturated rings. The minimum Gasteiger partial charge on any atom is -0.444 e. The van der Waals surface area contributed by atoms with E-state index >= 15 is 0 Å². The summed E-state index contributed by atoms with van der Waals surface area (Å²) in [6.07, 6.45) is -0.751. The number of amides is 1. The average molecular weight is 323 g/mol. The Morgan fingerprint density at radius 1 is 1.04 bits per heavy atom. The molecule has 1 rings (SSSR count). The predicted molar refractivity (Wildman–Crippen MR) is 83.4 cm³/mol. The largest absolute Gasteiger partial charge is 0.444 e. The van der Waals surface area contributed by atoms with Crippen molar-refractivity contribution in [3.05, 3.63) is 35.6 Å². The summed E-state index contributed by atoms with van der Waals surface area (Å²) in [5.74, 6) is -2.29. The van der Waals surface area contributed by atoms with Gasteiger partial charge < -0.3 is 10.1 Å². The van der Waals surface area contributed by atoms with Crippen LogP contribution in [-0.2, 0) is 14.3 Å². The Morgan fingerprint density at radius 3 is 1.91 bits per heavy atom. The second-order valence-electron chi connectivity index (χ2n) is 6.37. The maximum atomic E-state index is 13.1.